The Bertz CT molecular complexity index is 322. The number of nitriles is 1. The maximum absolute atomic E-state index is 6.50. The van der Waals surface area contributed by atoms with Crippen LogP contribution in [0, 0.1) is 11.8 Å². The van der Waals surface area contributed by atoms with Crippen molar-refractivity contribution in [1.29, 1.82) is 5.26 Å². The van der Waals surface area contributed by atoms with Gasteiger partial charge in [-0.05, 0) is 12.1 Å². The van der Waals surface area contributed by atoms with Gasteiger partial charge in [0.05, 0.1) is 0 Å². The first kappa shape index (κ1) is 7.22. The summed E-state index contributed by atoms with van der Waals surface area (Å²) < 4.78 is 4.76. The van der Waals surface area contributed by atoms with E-state index in [1.165, 1.54) is 0 Å². The van der Waals surface area contributed by atoms with Gasteiger partial charge >= 0.3 is 0 Å². The minimum absolute atomic E-state index is 0.734. The number of rotatable bonds is 0. The van der Waals surface area contributed by atoms with E-state index in [-0.39, 0.29) is 0 Å². The van der Waals surface area contributed by atoms with Crippen molar-refractivity contribution in [2.24, 2.45) is 0 Å². The van der Waals surface area contributed by atoms with Crippen LogP contribution in [0.25, 0.3) is 11.1 Å². The summed E-state index contributed by atoms with van der Waals surface area (Å²) in [6.45, 7) is 3.50. The van der Waals surface area contributed by atoms with Crippen LogP contribution in [0.1, 0.15) is 0 Å². The number of hydrogen-bond acceptors (Lipinski definition) is 4. The molecule has 0 aliphatic rings. The fourth-order valence-corrected chi connectivity index (χ4v) is 0.725. The molecular formula is C7H5N3O. The van der Waals surface area contributed by atoms with Crippen LogP contribution >= 0.6 is 0 Å². The summed E-state index contributed by atoms with van der Waals surface area (Å²) in [4.78, 5) is 0. The number of para-hydroxylation sites is 1. The van der Waals surface area contributed by atoms with Gasteiger partial charge in [-0.25, -0.2) is 5.26 Å². The lowest BCUT2D eigenvalue weighted by molar-refractivity contribution is 0.424. The molecule has 0 atom stereocenters. The van der Waals surface area contributed by atoms with Gasteiger partial charge in [0.15, 0.2) is 5.58 Å². The number of hydrogen-bond donors (Lipinski definition) is 0. The van der Waals surface area contributed by atoms with E-state index in [1.54, 1.807) is 0 Å². The summed E-state index contributed by atoms with van der Waals surface area (Å²) in [5, 5.41) is 13.6. The number of aromatic nitrogens is 2. The second-order valence-corrected chi connectivity index (χ2v) is 1.74. The van der Waals surface area contributed by atoms with Gasteiger partial charge in [0, 0.05) is 11.8 Å². The predicted octanol–water partition coefficient (Wildman–Crippen LogP) is 1.36. The average molecular weight is 147 g/mol. The van der Waals surface area contributed by atoms with Crippen molar-refractivity contribution >= 4 is 11.1 Å². The van der Waals surface area contributed by atoms with E-state index in [0.717, 1.165) is 11.1 Å². The van der Waals surface area contributed by atoms with Crippen molar-refractivity contribution in [2.75, 3.05) is 0 Å². The molecule has 0 bridgehead atoms. The van der Waals surface area contributed by atoms with Crippen LogP contribution in [-0.4, -0.2) is 10.4 Å². The Morgan fingerprint density at radius 1 is 1.27 bits per heavy atom. The molecule has 1 aromatic carbocycles. The van der Waals surface area contributed by atoms with Crippen molar-refractivity contribution < 1.29 is 4.52 Å². The standard InChI is InChI=1S/C6H4N2O.CHN/c1-2-4-6-5(3-1)7-8-9-6;1-2/h1-4H;1H. The van der Waals surface area contributed by atoms with Crippen LogP contribution in [0.15, 0.2) is 28.8 Å². The third-order valence-electron chi connectivity index (χ3n) is 1.15. The highest BCUT2D eigenvalue weighted by Crippen LogP contribution is 2.06. The van der Waals surface area contributed by atoms with Crippen LogP contribution in [0.5, 0.6) is 0 Å². The van der Waals surface area contributed by atoms with Crippen molar-refractivity contribution in [3.05, 3.63) is 24.3 Å². The summed E-state index contributed by atoms with van der Waals surface area (Å²) >= 11 is 0. The smallest absolute Gasteiger partial charge is 0.187 e. The first-order valence-electron chi connectivity index (χ1n) is 2.90. The molecule has 0 aliphatic heterocycles. The maximum Gasteiger partial charge on any atom is 0.187 e. The van der Waals surface area contributed by atoms with Gasteiger partial charge < -0.3 is 4.52 Å². The van der Waals surface area contributed by atoms with Gasteiger partial charge in [-0.1, -0.05) is 12.1 Å². The molecule has 0 spiro atoms. The molecule has 0 fully saturated rings. The monoisotopic (exact) mass is 147 g/mol. The van der Waals surface area contributed by atoms with Gasteiger partial charge in [-0.15, -0.1) is 5.10 Å². The summed E-state index contributed by atoms with van der Waals surface area (Å²) in [5.41, 5.74) is 1.54. The lowest BCUT2D eigenvalue weighted by atomic mass is 10.3. The Labute approximate surface area is 63.0 Å². The van der Waals surface area contributed by atoms with Crippen molar-refractivity contribution in [3.63, 3.8) is 0 Å². The van der Waals surface area contributed by atoms with Gasteiger partial charge in [0.1, 0.15) is 5.52 Å². The highest BCUT2D eigenvalue weighted by Gasteiger charge is 1.93. The van der Waals surface area contributed by atoms with E-state index in [1.807, 2.05) is 24.3 Å². The number of nitrogens with zero attached hydrogens (tertiary/aromatic N) is 3. The second-order valence-electron chi connectivity index (χ2n) is 1.74. The first-order valence-corrected chi connectivity index (χ1v) is 2.90. The SMILES string of the molecule is C#N.c1ccc2onnc2c1. The zero-order chi connectivity index (χ0) is 8.10. The zero-order valence-corrected chi connectivity index (χ0v) is 5.64. The Hall–Kier alpha value is -1.89. The Morgan fingerprint density at radius 3 is 2.73 bits per heavy atom. The molecule has 0 unspecified atom stereocenters. The molecule has 1 heterocycles. The molecule has 54 valence electrons. The van der Waals surface area contributed by atoms with Crippen LogP contribution in [-0.2, 0) is 0 Å². The predicted molar refractivity (Wildman–Crippen MR) is 38.5 cm³/mol. The van der Waals surface area contributed by atoms with Gasteiger partial charge in [-0.2, -0.15) is 0 Å². The normalized spacial score (nSPS) is 8.55. The molecule has 4 nitrogen and oxygen atoms in total. The fourth-order valence-electron chi connectivity index (χ4n) is 0.725. The largest absolute Gasteiger partial charge is 0.337 e. The molecule has 4 heteroatoms. The molecule has 0 aliphatic carbocycles. The average Bonchev–Trinajstić information content (AvgIpc) is 2.55. The molecule has 0 saturated carbocycles. The van der Waals surface area contributed by atoms with E-state index in [2.05, 4.69) is 16.9 Å². The quantitative estimate of drug-likeness (QED) is 0.564. The van der Waals surface area contributed by atoms with Crippen molar-refractivity contribution in [2.45, 2.75) is 0 Å². The molecule has 2 aromatic rings. The van der Waals surface area contributed by atoms with Crippen LogP contribution in [0.2, 0.25) is 0 Å². The van der Waals surface area contributed by atoms with E-state index in [0.29, 0.717) is 0 Å². The number of fused-ring (bicyclic) bond motifs is 1. The molecule has 0 saturated heterocycles. The third kappa shape index (κ3) is 1.33. The molecule has 11 heavy (non-hydrogen) atoms. The van der Waals surface area contributed by atoms with Crippen molar-refractivity contribution in [1.82, 2.24) is 10.4 Å². The van der Waals surface area contributed by atoms with Gasteiger partial charge in [-0.3, -0.25) is 0 Å². The molecule has 0 N–H and O–H groups in total. The molecule has 0 radical (unpaired) electrons. The molecule has 1 aromatic heterocycles. The van der Waals surface area contributed by atoms with E-state index in [9.17, 15) is 0 Å². The minimum Gasteiger partial charge on any atom is -0.337 e. The maximum atomic E-state index is 6.50. The third-order valence-corrected chi connectivity index (χ3v) is 1.15. The van der Waals surface area contributed by atoms with Crippen LogP contribution in [0.4, 0.5) is 0 Å². The highest BCUT2D eigenvalue weighted by atomic mass is 16.5. The van der Waals surface area contributed by atoms with E-state index in [4.69, 9.17) is 9.78 Å². The topological polar surface area (TPSA) is 62.7 Å². The van der Waals surface area contributed by atoms with Gasteiger partial charge in [0.2, 0.25) is 0 Å². The Morgan fingerprint density at radius 2 is 2.00 bits per heavy atom. The molecule has 2 rings (SSSR count). The summed E-state index contributed by atoms with van der Waals surface area (Å²) in [6, 6.07) is 7.46. The first-order chi connectivity index (χ1) is 5.47. The minimum atomic E-state index is 0.734. The fraction of sp³-hybridized carbons (Fsp3) is 0. The summed E-state index contributed by atoms with van der Waals surface area (Å²) in [6.07, 6.45) is 0. The number of benzene rings is 1. The van der Waals surface area contributed by atoms with Gasteiger partial charge in [0.25, 0.3) is 0 Å². The Kier molecular flexibility index (Phi) is 2.18. The zero-order valence-electron chi connectivity index (χ0n) is 5.64. The van der Waals surface area contributed by atoms with Crippen molar-refractivity contribution in [3.8, 4) is 6.57 Å². The van der Waals surface area contributed by atoms with Crippen LogP contribution < -0.4 is 0 Å². The summed E-state index contributed by atoms with van der Waals surface area (Å²) in [7, 11) is 0. The second kappa shape index (κ2) is 3.32. The molecule has 0 amide bonds. The highest BCUT2D eigenvalue weighted by molar-refractivity contribution is 5.70. The Balaban J connectivity index is 0.000000281. The summed E-state index contributed by atoms with van der Waals surface area (Å²) in [5.74, 6) is 0. The van der Waals surface area contributed by atoms with Crippen LogP contribution in [0.3, 0.4) is 0 Å². The van der Waals surface area contributed by atoms with E-state index >= 15 is 0 Å². The van der Waals surface area contributed by atoms with E-state index < -0.39 is 0 Å². The lowest BCUT2D eigenvalue weighted by Gasteiger charge is -1.76. The lowest BCUT2D eigenvalue weighted by Crippen LogP contribution is -1.63. The molecular weight excluding hydrogens is 142 g/mol.